The van der Waals surface area contributed by atoms with Crippen LogP contribution in [0.1, 0.15) is 51.2 Å². The molecule has 0 aliphatic heterocycles. The minimum atomic E-state index is -1.46. The maximum atomic E-state index is 14.4. The quantitative estimate of drug-likeness (QED) is 0.0817. The lowest BCUT2D eigenvalue weighted by Crippen LogP contribution is -2.12. The van der Waals surface area contributed by atoms with Gasteiger partial charge in [0.2, 0.25) is 0 Å². The standard InChI is InChI=1S/C21H12F3NO4S2.C21H13F2NO4S2/c1-8-5-6-9(16(24)15(8)23)10-7-30-20(13(10)21(28)29)25-19(27)18-17(26)14-11(22)3-2-4-12(14)31-18;1-9-6-7-10(16(23)15(9)22)12-8-29-20(14(12)21(27)28)24-19(26)18-17(25)11-4-2-3-5-13(11)30-18/h2-7,26H,1H3,(H,25,27)(H,28,29);2-8,25H,1H3,(H,24,26)(H,27,28). The topological polar surface area (TPSA) is 173 Å². The van der Waals surface area contributed by atoms with Crippen LogP contribution in [0.15, 0.2) is 77.5 Å². The summed E-state index contributed by atoms with van der Waals surface area (Å²) in [5, 5.41) is 47.6. The van der Waals surface area contributed by atoms with Gasteiger partial charge in [0.25, 0.3) is 11.8 Å². The summed E-state index contributed by atoms with van der Waals surface area (Å²) >= 11 is 3.57. The van der Waals surface area contributed by atoms with Gasteiger partial charge in [-0.3, -0.25) is 9.59 Å². The molecule has 61 heavy (non-hydrogen) atoms. The van der Waals surface area contributed by atoms with E-state index in [1.807, 2.05) is 0 Å². The van der Waals surface area contributed by atoms with Crippen LogP contribution in [0, 0.1) is 42.9 Å². The van der Waals surface area contributed by atoms with Crippen molar-refractivity contribution in [2.45, 2.75) is 13.8 Å². The highest BCUT2D eigenvalue weighted by Gasteiger charge is 2.28. The number of amides is 2. The normalized spacial score (nSPS) is 11.1. The molecule has 8 aromatic rings. The van der Waals surface area contributed by atoms with Crippen molar-refractivity contribution in [3.63, 3.8) is 0 Å². The van der Waals surface area contributed by atoms with Gasteiger partial charge in [0.1, 0.15) is 48.2 Å². The first-order valence-electron chi connectivity index (χ1n) is 17.3. The van der Waals surface area contributed by atoms with E-state index in [-0.39, 0.29) is 69.8 Å². The fourth-order valence-electron chi connectivity index (χ4n) is 6.18. The molecule has 0 bridgehead atoms. The number of fused-ring (bicyclic) bond motifs is 2. The minimum Gasteiger partial charge on any atom is -0.506 e. The molecule has 10 nitrogen and oxygen atoms in total. The van der Waals surface area contributed by atoms with Gasteiger partial charge in [-0.2, -0.15) is 0 Å². The molecule has 0 saturated carbocycles. The lowest BCUT2D eigenvalue weighted by atomic mass is 10.0. The summed E-state index contributed by atoms with van der Waals surface area (Å²) in [5.74, 6) is -10.4. The van der Waals surface area contributed by atoms with Crippen LogP contribution >= 0.6 is 45.3 Å². The summed E-state index contributed by atoms with van der Waals surface area (Å²) in [7, 11) is 0. The fourth-order valence-corrected chi connectivity index (χ4v) is 10.1. The number of benzene rings is 4. The lowest BCUT2D eigenvalue weighted by molar-refractivity contribution is 0.0688. The van der Waals surface area contributed by atoms with E-state index in [4.69, 9.17) is 0 Å². The Morgan fingerprint density at radius 3 is 1.48 bits per heavy atom. The Morgan fingerprint density at radius 1 is 0.541 bits per heavy atom. The molecule has 4 aromatic carbocycles. The molecule has 0 fully saturated rings. The first kappa shape index (κ1) is 42.5. The number of carbonyl (C=O) groups excluding carboxylic acids is 2. The zero-order valence-corrected chi connectivity index (χ0v) is 34.2. The van der Waals surface area contributed by atoms with E-state index in [0.29, 0.717) is 14.8 Å². The van der Waals surface area contributed by atoms with Gasteiger partial charge >= 0.3 is 11.9 Å². The molecule has 310 valence electrons. The summed E-state index contributed by atoms with van der Waals surface area (Å²) in [6, 6.07) is 16.2. The molecule has 0 aliphatic rings. The van der Waals surface area contributed by atoms with Crippen molar-refractivity contribution >= 4 is 99.3 Å². The molecule has 2 amide bonds. The average Bonchev–Trinajstić information content (AvgIpc) is 4.00. The third kappa shape index (κ3) is 7.79. The fraction of sp³-hybridized carbons (Fsp3) is 0.0476. The Morgan fingerprint density at radius 2 is 1.00 bits per heavy atom. The summed E-state index contributed by atoms with van der Waals surface area (Å²) in [6.45, 7) is 2.77. The number of anilines is 2. The summed E-state index contributed by atoms with van der Waals surface area (Å²) in [5.41, 5.74) is -1.23. The van der Waals surface area contributed by atoms with E-state index in [2.05, 4.69) is 10.6 Å². The van der Waals surface area contributed by atoms with Crippen molar-refractivity contribution in [1.82, 2.24) is 0 Å². The molecule has 19 heteroatoms. The highest BCUT2D eigenvalue weighted by atomic mass is 32.1. The zero-order chi connectivity index (χ0) is 44.0. The third-order valence-corrected chi connectivity index (χ3v) is 13.3. The lowest BCUT2D eigenvalue weighted by Gasteiger charge is -2.08. The van der Waals surface area contributed by atoms with Gasteiger partial charge in [0, 0.05) is 47.8 Å². The van der Waals surface area contributed by atoms with E-state index in [0.717, 1.165) is 51.4 Å². The molecule has 0 spiro atoms. The number of thiophene rings is 4. The zero-order valence-electron chi connectivity index (χ0n) is 31.0. The van der Waals surface area contributed by atoms with Crippen molar-refractivity contribution in [2.24, 2.45) is 0 Å². The van der Waals surface area contributed by atoms with Crippen molar-refractivity contribution in [3.05, 3.63) is 139 Å². The smallest absolute Gasteiger partial charge is 0.339 e. The molecular weight excluding hydrogens is 884 g/mol. The van der Waals surface area contributed by atoms with Gasteiger partial charge in [0.05, 0.1) is 5.39 Å². The SMILES string of the molecule is Cc1ccc(-c2csc(NC(=O)c3sc4cccc(F)c4c3O)c2C(=O)O)c(F)c1F.Cc1ccc(-c2csc(NC(=O)c3sc4ccccc4c3O)c2C(=O)O)c(F)c1F. The minimum absolute atomic E-state index is 0.0232. The molecule has 0 unspecified atom stereocenters. The maximum Gasteiger partial charge on any atom is 0.339 e. The number of nitrogens with one attached hydrogen (secondary N) is 2. The van der Waals surface area contributed by atoms with Crippen LogP contribution in [0.2, 0.25) is 0 Å². The molecule has 0 aliphatic carbocycles. The Labute approximate surface area is 356 Å². The number of hydrogen-bond acceptors (Lipinski definition) is 10. The number of carboxylic acids is 2. The second-order valence-corrected chi connectivity index (χ2v) is 16.9. The summed E-state index contributed by atoms with van der Waals surface area (Å²) in [4.78, 5) is 48.9. The number of rotatable bonds is 8. The number of aromatic hydroxyl groups is 2. The van der Waals surface area contributed by atoms with Crippen molar-refractivity contribution in [1.29, 1.82) is 0 Å². The van der Waals surface area contributed by atoms with Gasteiger partial charge in [-0.25, -0.2) is 31.5 Å². The molecule has 0 radical (unpaired) electrons. The average molecular weight is 909 g/mol. The van der Waals surface area contributed by atoms with Crippen LogP contribution in [0.3, 0.4) is 0 Å². The van der Waals surface area contributed by atoms with Crippen molar-refractivity contribution in [3.8, 4) is 33.8 Å². The predicted molar refractivity (Wildman–Crippen MR) is 226 cm³/mol. The van der Waals surface area contributed by atoms with Crippen LogP contribution in [0.4, 0.5) is 32.0 Å². The first-order valence-corrected chi connectivity index (χ1v) is 20.7. The van der Waals surface area contributed by atoms with Crippen LogP contribution < -0.4 is 10.6 Å². The third-order valence-electron chi connectivity index (χ3n) is 9.22. The number of hydrogen-bond donors (Lipinski definition) is 6. The van der Waals surface area contributed by atoms with Gasteiger partial charge in [0.15, 0.2) is 23.3 Å². The highest BCUT2D eigenvalue weighted by molar-refractivity contribution is 7.22. The Bertz CT molecular complexity index is 3120. The van der Waals surface area contributed by atoms with Gasteiger partial charge < -0.3 is 31.1 Å². The van der Waals surface area contributed by atoms with E-state index in [1.165, 1.54) is 61.0 Å². The Balaban J connectivity index is 0.000000184. The second kappa shape index (κ2) is 16.8. The van der Waals surface area contributed by atoms with Crippen molar-refractivity contribution < 1.29 is 61.6 Å². The van der Waals surface area contributed by atoms with Crippen molar-refractivity contribution in [2.75, 3.05) is 10.6 Å². The summed E-state index contributed by atoms with van der Waals surface area (Å²) in [6.07, 6.45) is 0. The monoisotopic (exact) mass is 908 g/mol. The number of carboxylic acid groups (broad SMARTS) is 2. The van der Waals surface area contributed by atoms with E-state index in [1.54, 1.807) is 24.3 Å². The van der Waals surface area contributed by atoms with E-state index in [9.17, 15) is 61.6 Å². The van der Waals surface area contributed by atoms with Gasteiger partial charge in [-0.1, -0.05) is 42.5 Å². The number of aromatic carboxylic acids is 2. The molecular formula is C42H25F5N2O8S4. The number of halogens is 5. The Hall–Kier alpha value is -6.67. The summed E-state index contributed by atoms with van der Waals surface area (Å²) < 4.78 is 71.8. The molecule has 0 atom stereocenters. The van der Waals surface area contributed by atoms with Gasteiger partial charge in [-0.15, -0.1) is 45.3 Å². The maximum absolute atomic E-state index is 14.4. The molecule has 4 heterocycles. The highest BCUT2D eigenvalue weighted by Crippen LogP contribution is 2.43. The molecule has 8 rings (SSSR count). The van der Waals surface area contributed by atoms with Gasteiger partial charge in [-0.05, 0) is 49.2 Å². The molecule has 4 aromatic heterocycles. The second-order valence-electron chi connectivity index (χ2n) is 13.0. The van der Waals surface area contributed by atoms with Crippen LogP contribution in [0.5, 0.6) is 11.5 Å². The molecule has 0 saturated heterocycles. The van der Waals surface area contributed by atoms with Crippen LogP contribution in [-0.2, 0) is 0 Å². The van der Waals surface area contributed by atoms with Crippen LogP contribution in [0.25, 0.3) is 42.4 Å². The number of carbonyl (C=O) groups is 4. The Kier molecular flexibility index (Phi) is 11.7. The molecule has 6 N–H and O–H groups in total. The predicted octanol–water partition coefficient (Wildman–Crippen LogP) is 11.9. The largest absolute Gasteiger partial charge is 0.506 e. The van der Waals surface area contributed by atoms with E-state index < -0.39 is 64.2 Å². The van der Waals surface area contributed by atoms with E-state index >= 15 is 0 Å². The van der Waals surface area contributed by atoms with Crippen LogP contribution in [-0.4, -0.2) is 44.2 Å². The first-order chi connectivity index (χ1) is 29.0. The number of aryl methyl sites for hydroxylation is 2.